The quantitative estimate of drug-likeness (QED) is 0.0348. The summed E-state index contributed by atoms with van der Waals surface area (Å²) in [6.07, 6.45) is 28.5. The monoisotopic (exact) mass is 552 g/mol. The third-order valence-electron chi connectivity index (χ3n) is 7.97. The Kier molecular flexibility index (Phi) is 19.0. The van der Waals surface area contributed by atoms with Gasteiger partial charge in [0, 0.05) is 0 Å². The maximum Gasteiger partial charge on any atom is 0.299 e. The van der Waals surface area contributed by atoms with Crippen molar-refractivity contribution >= 4 is 11.4 Å². The molecule has 41 heavy (non-hydrogen) atoms. The first-order valence-corrected chi connectivity index (χ1v) is 16.7. The second-order valence-corrected chi connectivity index (χ2v) is 11.5. The molecule has 0 radical (unpaired) electrons. The van der Waals surface area contributed by atoms with Crippen molar-refractivity contribution in [1.29, 1.82) is 0 Å². The molecule has 0 bridgehead atoms. The summed E-state index contributed by atoms with van der Waals surface area (Å²) < 4.78 is 0. The van der Waals surface area contributed by atoms with Crippen LogP contribution in [0.4, 0.5) is 0 Å². The van der Waals surface area contributed by atoms with Crippen LogP contribution in [0.1, 0.15) is 146 Å². The van der Waals surface area contributed by atoms with Gasteiger partial charge in [0.25, 0.3) is 5.87 Å². The normalized spacial score (nSPS) is 11.8. The molecule has 0 N–H and O–H groups in total. The Bertz CT molecular complexity index is 1110. The summed E-state index contributed by atoms with van der Waals surface area (Å²) in [6.45, 7) is 6.78. The number of unbranched alkanes of at least 4 members (excludes halogenated alkanes) is 11. The third kappa shape index (κ3) is 14.0. The predicted octanol–water partition coefficient (Wildman–Crippen LogP) is 11.9. The highest BCUT2D eigenvalue weighted by molar-refractivity contribution is 5.86. The van der Waals surface area contributed by atoms with Crippen molar-refractivity contribution in [2.24, 2.45) is 0 Å². The number of nitrogens with zero attached hydrogens (tertiary/aromatic N) is 2. The lowest BCUT2D eigenvalue weighted by Gasteiger charge is -2.18. The zero-order chi connectivity index (χ0) is 29.4. The fourth-order valence-corrected chi connectivity index (χ4v) is 5.52. The van der Waals surface area contributed by atoms with Crippen LogP contribution >= 0.6 is 0 Å². The minimum absolute atomic E-state index is 0.955. The molecule has 0 saturated heterocycles. The molecule has 222 valence electrons. The van der Waals surface area contributed by atoms with E-state index < -0.39 is 0 Å². The van der Waals surface area contributed by atoms with Gasteiger partial charge in [-0.1, -0.05) is 139 Å². The van der Waals surface area contributed by atoms with E-state index in [2.05, 4.69) is 92.1 Å². The van der Waals surface area contributed by atoms with Gasteiger partial charge in [0.05, 0.1) is 6.08 Å². The Morgan fingerprint density at radius 2 is 1.32 bits per heavy atom. The van der Waals surface area contributed by atoms with Crippen LogP contribution in [0.5, 0.6) is 0 Å². The minimum Gasteiger partial charge on any atom is -0.348 e. The van der Waals surface area contributed by atoms with E-state index >= 15 is 0 Å². The summed E-state index contributed by atoms with van der Waals surface area (Å²) in [7, 11) is 0. The maximum atomic E-state index is 9.28. The summed E-state index contributed by atoms with van der Waals surface area (Å²) in [4.78, 5) is 3.24. The summed E-state index contributed by atoms with van der Waals surface area (Å²) in [5, 5.41) is 0. The Morgan fingerprint density at radius 3 is 2.02 bits per heavy atom. The van der Waals surface area contributed by atoms with Crippen molar-refractivity contribution in [2.45, 2.75) is 136 Å². The number of aryl methyl sites for hydroxylation is 2. The van der Waals surface area contributed by atoms with E-state index in [-0.39, 0.29) is 0 Å². The lowest BCUT2D eigenvalue weighted by molar-refractivity contribution is 0.00800. The zero-order valence-corrected chi connectivity index (χ0v) is 26.5. The molecule has 0 aromatic heterocycles. The molecule has 0 atom stereocenters. The molecule has 2 nitrogen and oxygen atoms in total. The van der Waals surface area contributed by atoms with Crippen molar-refractivity contribution in [2.75, 3.05) is 0 Å². The molecule has 0 saturated carbocycles. The van der Waals surface area contributed by atoms with E-state index in [1.165, 1.54) is 110 Å². The molecule has 0 unspecified atom stereocenters. The molecule has 0 amide bonds. The Labute approximate surface area is 252 Å². The second kappa shape index (κ2) is 22.7. The van der Waals surface area contributed by atoms with E-state index in [4.69, 9.17) is 0 Å². The maximum absolute atomic E-state index is 9.28. The zero-order valence-electron chi connectivity index (χ0n) is 26.5. The van der Waals surface area contributed by atoms with Crippen molar-refractivity contribution in [1.82, 2.24) is 0 Å². The van der Waals surface area contributed by atoms with Crippen LogP contribution in [0.3, 0.4) is 0 Å². The molecular weight excluding hydrogens is 496 g/mol. The Morgan fingerprint density at radius 1 is 0.683 bits per heavy atom. The summed E-state index contributed by atoms with van der Waals surface area (Å²) in [5.41, 5.74) is 17.1. The first-order chi connectivity index (χ1) is 20.2. The fraction of sp³-hybridized carbons (Fsp3) is 0.538. The van der Waals surface area contributed by atoms with Gasteiger partial charge >= 0.3 is 0 Å². The van der Waals surface area contributed by atoms with Crippen LogP contribution < -0.4 is 0 Å². The molecular formula is C39H56N2. The number of hydrogen-bond donors (Lipinski definition) is 0. The highest BCUT2D eigenvalue weighted by Crippen LogP contribution is 2.33. The lowest BCUT2D eigenvalue weighted by atomic mass is 9.86. The van der Waals surface area contributed by atoms with Crippen molar-refractivity contribution < 1.29 is 4.79 Å². The molecule has 0 aliphatic rings. The smallest absolute Gasteiger partial charge is 0.299 e. The lowest BCUT2D eigenvalue weighted by Crippen LogP contribution is -2.00. The average Bonchev–Trinajstić information content (AvgIpc) is 3.00. The first kappa shape index (κ1) is 34.3. The second-order valence-electron chi connectivity index (χ2n) is 11.5. The molecule has 2 rings (SSSR count). The molecule has 2 aromatic rings. The molecule has 2 heteroatoms. The van der Waals surface area contributed by atoms with Gasteiger partial charge in [-0.3, -0.25) is 0 Å². The van der Waals surface area contributed by atoms with Gasteiger partial charge < -0.3 is 5.53 Å². The topological polar surface area (TPSA) is 36.4 Å². The summed E-state index contributed by atoms with van der Waals surface area (Å²) in [6, 6.07) is 18.1. The highest BCUT2D eigenvalue weighted by atomic mass is 14.8. The van der Waals surface area contributed by atoms with E-state index in [1.807, 2.05) is 6.08 Å². The molecule has 0 aliphatic carbocycles. The van der Waals surface area contributed by atoms with Gasteiger partial charge in [0.2, 0.25) is 0 Å². The van der Waals surface area contributed by atoms with Crippen molar-refractivity contribution in [3.63, 3.8) is 0 Å². The Balaban J connectivity index is 2.34. The largest absolute Gasteiger partial charge is 0.348 e. The Hall–Kier alpha value is -2.92. The number of benzene rings is 2. The van der Waals surface area contributed by atoms with Crippen LogP contribution in [0, 0.1) is 0 Å². The first-order valence-electron chi connectivity index (χ1n) is 16.7. The van der Waals surface area contributed by atoms with Gasteiger partial charge in [-0.25, -0.2) is 0 Å². The van der Waals surface area contributed by atoms with Gasteiger partial charge in [0.15, 0.2) is 0 Å². The van der Waals surface area contributed by atoms with Crippen LogP contribution in [0.2, 0.25) is 0 Å². The van der Waals surface area contributed by atoms with Crippen molar-refractivity contribution in [3.8, 4) is 0 Å². The van der Waals surface area contributed by atoms with Crippen molar-refractivity contribution in [3.05, 3.63) is 100 Å². The average molecular weight is 553 g/mol. The molecule has 0 fully saturated rings. The van der Waals surface area contributed by atoms with Crippen LogP contribution in [0.25, 0.3) is 11.1 Å². The highest BCUT2D eigenvalue weighted by Gasteiger charge is 2.15. The molecule has 0 aliphatic heterocycles. The van der Waals surface area contributed by atoms with Gasteiger partial charge in [-0.2, -0.15) is 0 Å². The number of allylic oxidation sites excluding steroid dienone is 4. The summed E-state index contributed by atoms with van der Waals surface area (Å²) >= 11 is 0. The van der Waals surface area contributed by atoms with Crippen LogP contribution in [0.15, 0.2) is 72.3 Å². The SMILES string of the molecule is CCCCCCC=CCCCc1ccccc1C(=C(C=C=[N+]=[N-])CCCCCCCC)c1ccc(CCCC)cc1. The van der Waals surface area contributed by atoms with E-state index in [0.717, 1.165) is 38.5 Å². The van der Waals surface area contributed by atoms with Crippen LogP contribution in [-0.4, -0.2) is 10.7 Å². The van der Waals surface area contributed by atoms with E-state index in [1.54, 1.807) is 0 Å². The molecule has 2 aromatic carbocycles. The van der Waals surface area contributed by atoms with E-state index in [0.29, 0.717) is 0 Å². The third-order valence-corrected chi connectivity index (χ3v) is 7.97. The summed E-state index contributed by atoms with van der Waals surface area (Å²) in [5.74, 6) is 2.76. The number of rotatable bonds is 22. The molecule has 0 spiro atoms. The molecule has 0 heterocycles. The number of hydrogen-bond acceptors (Lipinski definition) is 0. The van der Waals surface area contributed by atoms with Gasteiger partial charge in [-0.05, 0) is 91.2 Å². The fourth-order valence-electron chi connectivity index (χ4n) is 5.52. The predicted molar refractivity (Wildman–Crippen MR) is 180 cm³/mol. The minimum atomic E-state index is 0.955. The van der Waals surface area contributed by atoms with Crippen LogP contribution in [-0.2, 0) is 12.8 Å². The van der Waals surface area contributed by atoms with Gasteiger partial charge in [0.1, 0.15) is 0 Å². The standard InChI is InChI=1S/C39H56N2/c1-4-7-10-12-14-15-16-18-19-24-35-25-21-22-27-38(35)39(37-30-28-34(29-31-37)23-9-6-3)36(32-33-41-40)26-20-17-13-11-8-5-2/h15-16,21-22,25,27-32H,4-14,17-20,23-24,26H2,1-3H3. The van der Waals surface area contributed by atoms with E-state index in [9.17, 15) is 5.53 Å². The van der Waals surface area contributed by atoms with Gasteiger partial charge in [-0.15, -0.1) is 4.79 Å².